The third-order valence-electron chi connectivity index (χ3n) is 0.423. The molecule has 0 heterocycles. The fourth-order valence-electron chi connectivity index (χ4n) is 0.245. The summed E-state index contributed by atoms with van der Waals surface area (Å²) in [5.41, 5.74) is 4.77. The molecular weight excluding hydrogens is 146 g/mol. The van der Waals surface area contributed by atoms with Crippen molar-refractivity contribution in [2.45, 2.75) is 13.3 Å². The highest BCUT2D eigenvalue weighted by Gasteiger charge is 1.91. The summed E-state index contributed by atoms with van der Waals surface area (Å²) in [5.74, 6) is -0.354. The third kappa shape index (κ3) is 9.28. The normalized spacial score (nSPS) is 7.12. The Morgan fingerprint density at radius 3 is 2.12 bits per heavy atom. The maximum absolute atomic E-state index is 9.94. The zero-order valence-corrected chi connectivity index (χ0v) is 6.14. The Morgan fingerprint density at radius 2 is 2.12 bits per heavy atom. The first-order valence-corrected chi connectivity index (χ1v) is 2.31. The monoisotopic (exact) mass is 153 g/mol. The summed E-state index contributed by atoms with van der Waals surface area (Å²) < 4.78 is 0. The molecule has 0 rings (SSSR count). The van der Waals surface area contributed by atoms with E-state index in [2.05, 4.69) is 12.2 Å². The second kappa shape index (κ2) is 5.00. The Balaban J connectivity index is 0. The van der Waals surface area contributed by atoms with Crippen LogP contribution in [0.15, 0.2) is 0 Å². The summed E-state index contributed by atoms with van der Waals surface area (Å²) in [7, 11) is 0. The van der Waals surface area contributed by atoms with E-state index in [0.717, 1.165) is 0 Å². The van der Waals surface area contributed by atoms with E-state index in [1.54, 1.807) is 6.92 Å². The minimum atomic E-state index is -0.354. The van der Waals surface area contributed by atoms with E-state index in [1.165, 1.54) is 0 Å². The lowest BCUT2D eigenvalue weighted by atomic mass is 10.3. The summed E-state index contributed by atoms with van der Waals surface area (Å²) in [6.45, 7) is 1.69. The molecule has 0 spiro atoms. The molecule has 2 N–H and O–H groups in total. The van der Waals surface area contributed by atoms with Gasteiger partial charge in [0, 0.05) is 0 Å². The van der Waals surface area contributed by atoms with E-state index in [9.17, 15) is 4.79 Å². The number of hydrogen-bond acceptors (Lipinski definition) is 2. The van der Waals surface area contributed by atoms with Gasteiger partial charge in [-0.3, -0.25) is 4.79 Å². The highest BCUT2D eigenvalue weighted by atomic mass is 35.5. The predicted octanol–water partition coefficient (Wildman–Crippen LogP) is 0.673. The number of halogens is 1. The maximum Gasteiger partial charge on any atom is 0.222 e. The number of nitrogens with two attached hydrogens (primary N) is 1. The Labute approximate surface area is 59.8 Å². The van der Waals surface area contributed by atoms with Crippen molar-refractivity contribution in [3.8, 4) is 0 Å². The second-order valence-electron chi connectivity index (χ2n) is 1.35. The lowest BCUT2D eigenvalue weighted by Gasteiger charge is -1.85. The highest BCUT2D eigenvalue weighted by molar-refractivity contribution is 7.80. The van der Waals surface area contributed by atoms with E-state index in [0.29, 0.717) is 4.86 Å². The number of thiocarbonyl (C=S) groups is 1. The van der Waals surface area contributed by atoms with Gasteiger partial charge in [0.15, 0.2) is 0 Å². The molecule has 0 saturated carbocycles. The van der Waals surface area contributed by atoms with Gasteiger partial charge in [0.2, 0.25) is 5.91 Å². The average Bonchev–Trinajstić information content (AvgIpc) is 1.27. The SMILES string of the molecule is CC(=S)CC(N)=O.Cl. The Morgan fingerprint density at radius 1 is 1.75 bits per heavy atom. The summed E-state index contributed by atoms with van der Waals surface area (Å²) in [6.07, 6.45) is 0.231. The molecule has 0 radical (unpaired) electrons. The number of hydrogen-bond donors (Lipinski definition) is 1. The first-order chi connectivity index (χ1) is 3.13. The van der Waals surface area contributed by atoms with Crippen molar-refractivity contribution in [2.75, 3.05) is 0 Å². The van der Waals surface area contributed by atoms with Crippen molar-refractivity contribution in [2.24, 2.45) is 5.73 Å². The zero-order valence-electron chi connectivity index (χ0n) is 4.51. The maximum atomic E-state index is 9.94. The van der Waals surface area contributed by atoms with Crippen LogP contribution < -0.4 is 5.73 Å². The average molecular weight is 154 g/mol. The van der Waals surface area contributed by atoms with Crippen LogP contribution in [0.25, 0.3) is 0 Å². The Kier molecular flexibility index (Phi) is 6.72. The van der Waals surface area contributed by atoms with E-state index in [4.69, 9.17) is 5.73 Å². The van der Waals surface area contributed by atoms with Gasteiger partial charge in [-0.05, 0) is 11.8 Å². The molecule has 2 nitrogen and oxygen atoms in total. The van der Waals surface area contributed by atoms with Crippen LogP contribution in [-0.4, -0.2) is 10.8 Å². The molecule has 0 aliphatic rings. The molecule has 0 bridgehead atoms. The number of rotatable bonds is 2. The van der Waals surface area contributed by atoms with Crippen LogP contribution >= 0.6 is 24.6 Å². The molecule has 0 aromatic carbocycles. The minimum absolute atomic E-state index is 0. The molecule has 0 fully saturated rings. The van der Waals surface area contributed by atoms with Crippen molar-refractivity contribution in [3.05, 3.63) is 0 Å². The fraction of sp³-hybridized carbons (Fsp3) is 0.500. The van der Waals surface area contributed by atoms with Gasteiger partial charge in [-0.25, -0.2) is 0 Å². The van der Waals surface area contributed by atoms with Gasteiger partial charge >= 0.3 is 0 Å². The van der Waals surface area contributed by atoms with Gasteiger partial charge in [-0.1, -0.05) is 12.2 Å². The van der Waals surface area contributed by atoms with E-state index in [-0.39, 0.29) is 24.7 Å². The second-order valence-corrected chi connectivity index (χ2v) is 2.04. The summed E-state index contributed by atoms with van der Waals surface area (Å²) >= 11 is 4.57. The molecule has 0 aliphatic heterocycles. The number of primary amides is 1. The largest absolute Gasteiger partial charge is 0.369 e. The van der Waals surface area contributed by atoms with E-state index >= 15 is 0 Å². The number of amides is 1. The third-order valence-corrected chi connectivity index (χ3v) is 0.568. The smallest absolute Gasteiger partial charge is 0.222 e. The van der Waals surface area contributed by atoms with Crippen LogP contribution in [0.4, 0.5) is 0 Å². The van der Waals surface area contributed by atoms with Gasteiger partial charge in [-0.15, -0.1) is 12.4 Å². The molecule has 0 unspecified atom stereocenters. The molecule has 0 aliphatic carbocycles. The highest BCUT2D eigenvalue weighted by Crippen LogP contribution is 1.80. The molecule has 0 saturated heterocycles. The van der Waals surface area contributed by atoms with Crippen LogP contribution in [-0.2, 0) is 4.79 Å². The zero-order chi connectivity index (χ0) is 5.86. The number of carbonyl (C=O) groups is 1. The first-order valence-electron chi connectivity index (χ1n) is 1.90. The molecule has 8 heavy (non-hydrogen) atoms. The van der Waals surface area contributed by atoms with Gasteiger partial charge in [0.05, 0.1) is 6.42 Å². The molecule has 0 atom stereocenters. The van der Waals surface area contributed by atoms with Crippen molar-refractivity contribution in [3.63, 3.8) is 0 Å². The fourth-order valence-corrected chi connectivity index (χ4v) is 0.388. The first kappa shape index (κ1) is 10.8. The van der Waals surface area contributed by atoms with Crippen LogP contribution in [0.2, 0.25) is 0 Å². The van der Waals surface area contributed by atoms with E-state index in [1.807, 2.05) is 0 Å². The van der Waals surface area contributed by atoms with Gasteiger partial charge in [0.1, 0.15) is 0 Å². The van der Waals surface area contributed by atoms with Crippen LogP contribution in [0, 0.1) is 0 Å². The topological polar surface area (TPSA) is 43.1 Å². The van der Waals surface area contributed by atoms with Crippen molar-refractivity contribution in [1.82, 2.24) is 0 Å². The Bertz CT molecular complexity index is 92.2. The molecule has 48 valence electrons. The van der Waals surface area contributed by atoms with Crippen molar-refractivity contribution < 1.29 is 4.79 Å². The lowest BCUT2D eigenvalue weighted by Crippen LogP contribution is -2.12. The molecule has 0 aromatic heterocycles. The lowest BCUT2D eigenvalue weighted by molar-refractivity contribution is -0.116. The summed E-state index contributed by atoms with van der Waals surface area (Å²) in [6, 6.07) is 0. The van der Waals surface area contributed by atoms with Crippen molar-refractivity contribution in [1.29, 1.82) is 0 Å². The molecule has 0 aromatic rings. The van der Waals surface area contributed by atoms with Crippen LogP contribution in [0.1, 0.15) is 13.3 Å². The minimum Gasteiger partial charge on any atom is -0.369 e. The van der Waals surface area contributed by atoms with Crippen LogP contribution in [0.5, 0.6) is 0 Å². The van der Waals surface area contributed by atoms with Crippen LogP contribution in [0.3, 0.4) is 0 Å². The number of carbonyl (C=O) groups excluding carboxylic acids is 1. The standard InChI is InChI=1S/C4H7NOS.ClH/c1-3(7)2-4(5)6;/h2H2,1H3,(H2,5,6);1H. The molecular formula is C4H8ClNOS. The van der Waals surface area contributed by atoms with Gasteiger partial charge in [0.25, 0.3) is 0 Å². The van der Waals surface area contributed by atoms with Gasteiger partial charge < -0.3 is 5.73 Å². The Hall–Kier alpha value is -0.150. The van der Waals surface area contributed by atoms with Gasteiger partial charge in [-0.2, -0.15) is 0 Å². The molecule has 1 amide bonds. The van der Waals surface area contributed by atoms with E-state index < -0.39 is 0 Å². The predicted molar refractivity (Wildman–Crippen MR) is 39.3 cm³/mol. The van der Waals surface area contributed by atoms with Crippen molar-refractivity contribution >= 4 is 35.4 Å². The summed E-state index contributed by atoms with van der Waals surface area (Å²) in [5, 5.41) is 0. The molecule has 4 heteroatoms. The summed E-state index contributed by atoms with van der Waals surface area (Å²) in [4.78, 5) is 10.6. The quantitative estimate of drug-likeness (QED) is 0.593.